The van der Waals surface area contributed by atoms with E-state index < -0.39 is 5.97 Å². The number of carboxylic acids is 1. The zero-order valence-corrected chi connectivity index (χ0v) is 12.4. The van der Waals surface area contributed by atoms with Crippen LogP contribution in [0.3, 0.4) is 0 Å². The van der Waals surface area contributed by atoms with Crippen LogP contribution in [0.25, 0.3) is 11.1 Å². The van der Waals surface area contributed by atoms with E-state index in [2.05, 4.69) is 17.2 Å². The molecule has 2 N–H and O–H groups in total. The minimum absolute atomic E-state index is 0.102. The lowest BCUT2D eigenvalue weighted by atomic mass is 10.1. The molecule has 1 aromatic heterocycles. The van der Waals surface area contributed by atoms with Crippen molar-refractivity contribution < 1.29 is 14.3 Å². The van der Waals surface area contributed by atoms with Crippen molar-refractivity contribution in [3.8, 4) is 0 Å². The maximum atomic E-state index is 11.4. The average molecular weight is 310 g/mol. The van der Waals surface area contributed by atoms with E-state index in [9.17, 15) is 9.90 Å². The first-order valence-corrected chi connectivity index (χ1v) is 7.33. The second-order valence-electron chi connectivity index (χ2n) is 5.17. The highest BCUT2D eigenvalue weighted by atomic mass is 35.5. The number of carboxylic acid groups (broad SMARTS) is 1. The smallest absolute Gasteiger partial charge is 0.339 e. The van der Waals surface area contributed by atoms with Crippen molar-refractivity contribution in [3.05, 3.63) is 23.3 Å². The molecule has 2 aromatic rings. The number of benzene rings is 1. The molecule has 0 amide bonds. The molecule has 0 bridgehead atoms. The van der Waals surface area contributed by atoms with Crippen molar-refractivity contribution in [2.24, 2.45) is 0 Å². The summed E-state index contributed by atoms with van der Waals surface area (Å²) in [6, 6.07) is 4.02. The monoisotopic (exact) mass is 309 g/mol. The van der Waals surface area contributed by atoms with Crippen molar-refractivity contribution in [1.82, 2.24) is 10.3 Å². The molecule has 6 nitrogen and oxygen atoms in total. The first-order chi connectivity index (χ1) is 10.1. The summed E-state index contributed by atoms with van der Waals surface area (Å²) >= 11 is 5.81. The van der Waals surface area contributed by atoms with Gasteiger partial charge in [-0.25, -0.2) is 4.79 Å². The number of aromatic nitrogens is 1. The molecule has 2 heterocycles. The standard InChI is InChI=1S/C14H16ClN3O3/c1-8-7-16-2-3-18(8)14-17-11-5-9(6-15)4-10(13(19)20)12(11)21-14/h4-5,8,16H,2-3,6-7H2,1H3,(H,19,20)/t8-/m0/s1. The van der Waals surface area contributed by atoms with Crippen LogP contribution in [0.1, 0.15) is 22.8 Å². The summed E-state index contributed by atoms with van der Waals surface area (Å²) in [5, 5.41) is 12.6. The molecule has 112 valence electrons. The van der Waals surface area contributed by atoms with E-state index in [1.165, 1.54) is 6.07 Å². The third-order valence-electron chi connectivity index (χ3n) is 3.67. The number of hydrogen-bond acceptors (Lipinski definition) is 5. The predicted molar refractivity (Wildman–Crippen MR) is 80.2 cm³/mol. The minimum Gasteiger partial charge on any atom is -0.478 e. The van der Waals surface area contributed by atoms with Gasteiger partial charge in [-0.15, -0.1) is 11.6 Å². The molecule has 1 saturated heterocycles. The molecule has 1 aliphatic rings. The van der Waals surface area contributed by atoms with Gasteiger partial charge in [-0.05, 0) is 24.6 Å². The van der Waals surface area contributed by atoms with Crippen LogP contribution in [0.5, 0.6) is 0 Å². The normalized spacial score (nSPS) is 19.1. The summed E-state index contributed by atoms with van der Waals surface area (Å²) in [6.45, 7) is 4.54. The predicted octanol–water partition coefficient (Wildman–Crippen LogP) is 2.06. The molecule has 0 aliphatic carbocycles. The Morgan fingerprint density at radius 1 is 1.62 bits per heavy atom. The first kappa shape index (κ1) is 14.2. The molecule has 21 heavy (non-hydrogen) atoms. The van der Waals surface area contributed by atoms with E-state index in [0.29, 0.717) is 17.1 Å². The number of alkyl halides is 1. The van der Waals surface area contributed by atoms with Gasteiger partial charge >= 0.3 is 5.97 Å². The van der Waals surface area contributed by atoms with Crippen molar-refractivity contribution in [1.29, 1.82) is 0 Å². The van der Waals surface area contributed by atoms with Gasteiger partial charge in [0.25, 0.3) is 6.01 Å². The molecule has 7 heteroatoms. The zero-order chi connectivity index (χ0) is 15.0. The minimum atomic E-state index is -1.04. The van der Waals surface area contributed by atoms with Gasteiger partial charge in [-0.1, -0.05) is 0 Å². The van der Waals surface area contributed by atoms with Gasteiger partial charge in [-0.2, -0.15) is 4.98 Å². The molecule has 0 saturated carbocycles. The maximum absolute atomic E-state index is 11.4. The largest absolute Gasteiger partial charge is 0.478 e. The molecular weight excluding hydrogens is 294 g/mol. The van der Waals surface area contributed by atoms with Crippen LogP contribution in [0.4, 0.5) is 6.01 Å². The van der Waals surface area contributed by atoms with Crippen molar-refractivity contribution in [2.45, 2.75) is 18.8 Å². The fourth-order valence-electron chi connectivity index (χ4n) is 2.56. The molecule has 0 spiro atoms. The maximum Gasteiger partial charge on any atom is 0.339 e. The van der Waals surface area contributed by atoms with Crippen LogP contribution < -0.4 is 10.2 Å². The molecule has 0 unspecified atom stereocenters. The molecule has 0 radical (unpaired) electrons. The summed E-state index contributed by atoms with van der Waals surface area (Å²) < 4.78 is 5.73. The van der Waals surface area contributed by atoms with Crippen LogP contribution >= 0.6 is 11.6 Å². The Morgan fingerprint density at radius 2 is 2.43 bits per heavy atom. The average Bonchev–Trinajstić information content (AvgIpc) is 2.89. The third-order valence-corrected chi connectivity index (χ3v) is 3.98. The van der Waals surface area contributed by atoms with Crippen LogP contribution in [0.15, 0.2) is 16.5 Å². The van der Waals surface area contributed by atoms with Gasteiger partial charge in [0.2, 0.25) is 0 Å². The molecule has 1 fully saturated rings. The highest BCUT2D eigenvalue weighted by molar-refractivity contribution is 6.17. The lowest BCUT2D eigenvalue weighted by molar-refractivity contribution is 0.0698. The lowest BCUT2D eigenvalue weighted by Crippen LogP contribution is -2.50. The summed E-state index contributed by atoms with van der Waals surface area (Å²) in [5.74, 6) is -0.800. The second-order valence-corrected chi connectivity index (χ2v) is 5.44. The van der Waals surface area contributed by atoms with Crippen LogP contribution in [0.2, 0.25) is 0 Å². The fourth-order valence-corrected chi connectivity index (χ4v) is 2.72. The number of anilines is 1. The summed E-state index contributed by atoms with van der Waals surface area (Å²) in [5.41, 5.74) is 1.66. The highest BCUT2D eigenvalue weighted by Gasteiger charge is 2.24. The van der Waals surface area contributed by atoms with E-state index in [1.54, 1.807) is 6.07 Å². The van der Waals surface area contributed by atoms with E-state index in [-0.39, 0.29) is 17.5 Å². The van der Waals surface area contributed by atoms with Gasteiger partial charge in [0.1, 0.15) is 11.1 Å². The topological polar surface area (TPSA) is 78.6 Å². The van der Waals surface area contributed by atoms with Gasteiger partial charge < -0.3 is 19.7 Å². The number of carbonyl (C=O) groups is 1. The van der Waals surface area contributed by atoms with E-state index in [4.69, 9.17) is 16.0 Å². The van der Waals surface area contributed by atoms with Crippen molar-refractivity contribution in [2.75, 3.05) is 24.5 Å². The number of aromatic carboxylic acids is 1. The van der Waals surface area contributed by atoms with Crippen molar-refractivity contribution in [3.63, 3.8) is 0 Å². The van der Waals surface area contributed by atoms with Gasteiger partial charge in [0, 0.05) is 31.6 Å². The van der Waals surface area contributed by atoms with Gasteiger partial charge in [-0.3, -0.25) is 0 Å². The summed E-state index contributed by atoms with van der Waals surface area (Å²) in [4.78, 5) is 17.9. The number of oxazole rings is 1. The van der Waals surface area contributed by atoms with E-state index >= 15 is 0 Å². The Labute approximate surface area is 126 Å². The molecule has 1 atom stereocenters. The first-order valence-electron chi connectivity index (χ1n) is 6.80. The van der Waals surface area contributed by atoms with Crippen molar-refractivity contribution >= 4 is 34.7 Å². The SMILES string of the molecule is C[C@H]1CNCCN1c1nc2cc(CCl)cc(C(=O)O)c2o1. The number of halogens is 1. The number of rotatable bonds is 3. The zero-order valence-electron chi connectivity index (χ0n) is 11.6. The van der Waals surface area contributed by atoms with Gasteiger partial charge in [0.15, 0.2) is 5.58 Å². The Morgan fingerprint density at radius 3 is 3.10 bits per heavy atom. The molecular formula is C14H16ClN3O3. The number of piperazine rings is 1. The van der Waals surface area contributed by atoms with Gasteiger partial charge in [0.05, 0.1) is 0 Å². The van der Waals surface area contributed by atoms with Crippen LogP contribution in [-0.2, 0) is 5.88 Å². The van der Waals surface area contributed by atoms with Crippen LogP contribution in [0, 0.1) is 0 Å². The quantitative estimate of drug-likeness (QED) is 0.845. The number of fused-ring (bicyclic) bond motifs is 1. The number of nitrogens with zero attached hydrogens (tertiary/aromatic N) is 2. The summed E-state index contributed by atoms with van der Waals surface area (Å²) in [6.07, 6.45) is 0. The highest BCUT2D eigenvalue weighted by Crippen LogP contribution is 2.28. The Kier molecular flexibility index (Phi) is 3.73. The molecule has 3 rings (SSSR count). The van der Waals surface area contributed by atoms with E-state index in [0.717, 1.165) is 25.2 Å². The third kappa shape index (κ3) is 2.56. The Hall–Kier alpha value is -1.79. The summed E-state index contributed by atoms with van der Waals surface area (Å²) in [7, 11) is 0. The molecule has 1 aromatic carbocycles. The Balaban J connectivity index is 2.10. The second kappa shape index (κ2) is 5.54. The fraction of sp³-hybridized carbons (Fsp3) is 0.429. The Bertz CT molecular complexity index is 685. The molecule has 1 aliphatic heterocycles. The van der Waals surface area contributed by atoms with Crippen LogP contribution in [-0.4, -0.2) is 41.7 Å². The number of nitrogens with one attached hydrogen (secondary N) is 1. The van der Waals surface area contributed by atoms with E-state index in [1.807, 2.05) is 4.90 Å². The number of hydrogen-bond donors (Lipinski definition) is 2. The lowest BCUT2D eigenvalue weighted by Gasteiger charge is -2.32.